The SMILES string of the molecule is COc1ccc2cc(-c3ccc(-n4ccnc4)nc3)[nH]c2c1. The van der Waals surface area contributed by atoms with Gasteiger partial charge < -0.3 is 9.72 Å². The van der Waals surface area contributed by atoms with Crippen LogP contribution in [-0.4, -0.2) is 26.6 Å². The predicted molar refractivity (Wildman–Crippen MR) is 85.2 cm³/mol. The van der Waals surface area contributed by atoms with Gasteiger partial charge in [0.1, 0.15) is 17.9 Å². The Kier molecular flexibility index (Phi) is 2.89. The molecule has 3 heterocycles. The van der Waals surface area contributed by atoms with E-state index in [-0.39, 0.29) is 0 Å². The molecular weight excluding hydrogens is 276 g/mol. The molecule has 1 N–H and O–H groups in total. The number of rotatable bonds is 3. The van der Waals surface area contributed by atoms with Crippen LogP contribution >= 0.6 is 0 Å². The fourth-order valence-electron chi connectivity index (χ4n) is 2.48. The van der Waals surface area contributed by atoms with Crippen LogP contribution in [0.3, 0.4) is 0 Å². The maximum atomic E-state index is 5.25. The van der Waals surface area contributed by atoms with Crippen LogP contribution in [0.1, 0.15) is 0 Å². The number of hydrogen-bond donors (Lipinski definition) is 1. The molecule has 0 unspecified atom stereocenters. The van der Waals surface area contributed by atoms with Crippen LogP contribution < -0.4 is 4.74 Å². The second-order valence-electron chi connectivity index (χ2n) is 5.01. The van der Waals surface area contributed by atoms with Gasteiger partial charge in [-0.2, -0.15) is 0 Å². The van der Waals surface area contributed by atoms with Crippen molar-refractivity contribution in [3.05, 3.63) is 61.3 Å². The molecule has 0 spiro atoms. The van der Waals surface area contributed by atoms with E-state index in [2.05, 4.69) is 21.0 Å². The zero-order valence-electron chi connectivity index (χ0n) is 12.0. The highest BCUT2D eigenvalue weighted by atomic mass is 16.5. The van der Waals surface area contributed by atoms with Gasteiger partial charge in [-0.3, -0.25) is 4.57 Å². The van der Waals surface area contributed by atoms with Gasteiger partial charge in [0, 0.05) is 46.8 Å². The lowest BCUT2D eigenvalue weighted by atomic mass is 10.2. The number of hydrogen-bond acceptors (Lipinski definition) is 3. The molecule has 0 amide bonds. The van der Waals surface area contributed by atoms with Crippen molar-refractivity contribution in [2.75, 3.05) is 7.11 Å². The zero-order valence-corrected chi connectivity index (χ0v) is 12.0. The molecule has 108 valence electrons. The summed E-state index contributed by atoms with van der Waals surface area (Å²) in [6, 6.07) is 12.1. The van der Waals surface area contributed by atoms with Crippen LogP contribution in [0, 0.1) is 0 Å². The molecule has 0 atom stereocenters. The number of benzene rings is 1. The highest BCUT2D eigenvalue weighted by Crippen LogP contribution is 2.26. The Bertz CT molecular complexity index is 908. The van der Waals surface area contributed by atoms with Crippen molar-refractivity contribution in [2.24, 2.45) is 0 Å². The van der Waals surface area contributed by atoms with E-state index < -0.39 is 0 Å². The fourth-order valence-corrected chi connectivity index (χ4v) is 2.48. The van der Waals surface area contributed by atoms with E-state index in [1.165, 1.54) is 0 Å². The number of pyridine rings is 1. The molecule has 0 saturated heterocycles. The average Bonchev–Trinajstić information content (AvgIpc) is 3.23. The van der Waals surface area contributed by atoms with E-state index in [9.17, 15) is 0 Å². The lowest BCUT2D eigenvalue weighted by Gasteiger charge is -2.02. The largest absolute Gasteiger partial charge is 0.497 e. The van der Waals surface area contributed by atoms with Gasteiger partial charge in [0.15, 0.2) is 0 Å². The van der Waals surface area contributed by atoms with Gasteiger partial charge in [0.25, 0.3) is 0 Å². The maximum Gasteiger partial charge on any atom is 0.137 e. The molecule has 0 fully saturated rings. The van der Waals surface area contributed by atoms with Crippen molar-refractivity contribution >= 4 is 10.9 Å². The van der Waals surface area contributed by atoms with E-state index in [4.69, 9.17) is 4.74 Å². The highest BCUT2D eigenvalue weighted by molar-refractivity contribution is 5.86. The molecule has 0 aliphatic carbocycles. The van der Waals surface area contributed by atoms with Gasteiger partial charge in [-0.25, -0.2) is 9.97 Å². The molecule has 1 aromatic carbocycles. The number of H-pyrrole nitrogens is 1. The second-order valence-corrected chi connectivity index (χ2v) is 5.01. The summed E-state index contributed by atoms with van der Waals surface area (Å²) in [5.41, 5.74) is 3.13. The van der Waals surface area contributed by atoms with E-state index in [1.807, 2.05) is 47.3 Å². The maximum absolute atomic E-state index is 5.25. The molecule has 0 saturated carbocycles. The first-order chi connectivity index (χ1) is 10.8. The molecule has 4 aromatic rings. The number of ether oxygens (including phenoxy) is 1. The third-order valence-electron chi connectivity index (χ3n) is 3.66. The molecule has 0 aliphatic heterocycles. The molecule has 22 heavy (non-hydrogen) atoms. The summed E-state index contributed by atoms with van der Waals surface area (Å²) in [6.07, 6.45) is 7.20. The highest BCUT2D eigenvalue weighted by Gasteiger charge is 2.05. The van der Waals surface area contributed by atoms with Gasteiger partial charge in [-0.1, -0.05) is 0 Å². The average molecular weight is 290 g/mol. The minimum Gasteiger partial charge on any atom is -0.497 e. The Morgan fingerprint density at radius 1 is 1.14 bits per heavy atom. The third kappa shape index (κ3) is 2.13. The molecule has 0 bridgehead atoms. The van der Waals surface area contributed by atoms with Crippen molar-refractivity contribution in [3.63, 3.8) is 0 Å². The Morgan fingerprint density at radius 3 is 2.82 bits per heavy atom. The number of methoxy groups -OCH3 is 1. The number of fused-ring (bicyclic) bond motifs is 1. The molecule has 4 rings (SSSR count). The Hall–Kier alpha value is -3.08. The monoisotopic (exact) mass is 290 g/mol. The van der Waals surface area contributed by atoms with Crippen LogP contribution in [0.5, 0.6) is 5.75 Å². The van der Waals surface area contributed by atoms with E-state index in [1.54, 1.807) is 19.6 Å². The fraction of sp³-hybridized carbons (Fsp3) is 0.0588. The molecule has 0 radical (unpaired) electrons. The van der Waals surface area contributed by atoms with Crippen molar-refractivity contribution in [1.29, 1.82) is 0 Å². The lowest BCUT2D eigenvalue weighted by Crippen LogP contribution is -1.93. The van der Waals surface area contributed by atoms with Crippen LogP contribution in [0.4, 0.5) is 0 Å². The normalized spacial score (nSPS) is 11.0. The number of nitrogens with one attached hydrogen (secondary N) is 1. The van der Waals surface area contributed by atoms with Crippen molar-refractivity contribution in [2.45, 2.75) is 0 Å². The van der Waals surface area contributed by atoms with Crippen LogP contribution in [0.2, 0.25) is 0 Å². The molecule has 3 aromatic heterocycles. The topological polar surface area (TPSA) is 55.7 Å². The summed E-state index contributed by atoms with van der Waals surface area (Å²) in [5, 5.41) is 1.15. The van der Waals surface area contributed by atoms with Gasteiger partial charge >= 0.3 is 0 Å². The van der Waals surface area contributed by atoms with E-state index in [0.717, 1.165) is 33.7 Å². The Morgan fingerprint density at radius 2 is 2.09 bits per heavy atom. The third-order valence-corrected chi connectivity index (χ3v) is 3.66. The molecule has 5 heteroatoms. The summed E-state index contributed by atoms with van der Waals surface area (Å²) >= 11 is 0. The Balaban J connectivity index is 1.72. The van der Waals surface area contributed by atoms with Gasteiger partial charge in [0.05, 0.1) is 7.11 Å². The standard InChI is InChI=1S/C17H14N4O/c1-22-14-4-2-12-8-15(20-16(12)9-14)13-3-5-17(19-10-13)21-7-6-18-11-21/h2-11,20H,1H3. The predicted octanol–water partition coefficient (Wildman–Crippen LogP) is 3.42. The van der Waals surface area contributed by atoms with Gasteiger partial charge in [-0.15, -0.1) is 0 Å². The van der Waals surface area contributed by atoms with Gasteiger partial charge in [0.2, 0.25) is 0 Å². The summed E-state index contributed by atoms with van der Waals surface area (Å²) < 4.78 is 7.13. The quantitative estimate of drug-likeness (QED) is 0.629. The summed E-state index contributed by atoms with van der Waals surface area (Å²) in [6.45, 7) is 0. The number of aromatic nitrogens is 4. The summed E-state index contributed by atoms with van der Waals surface area (Å²) in [5.74, 6) is 1.69. The van der Waals surface area contributed by atoms with Crippen LogP contribution in [0.15, 0.2) is 61.3 Å². The molecule has 5 nitrogen and oxygen atoms in total. The first kappa shape index (κ1) is 12.6. The van der Waals surface area contributed by atoms with Crippen LogP contribution in [0.25, 0.3) is 28.0 Å². The van der Waals surface area contributed by atoms with Crippen molar-refractivity contribution in [1.82, 2.24) is 19.5 Å². The summed E-state index contributed by atoms with van der Waals surface area (Å²) in [4.78, 5) is 11.9. The number of nitrogens with zero attached hydrogens (tertiary/aromatic N) is 3. The smallest absolute Gasteiger partial charge is 0.137 e. The first-order valence-electron chi connectivity index (χ1n) is 6.95. The van der Waals surface area contributed by atoms with Crippen molar-refractivity contribution in [3.8, 4) is 22.8 Å². The minimum absolute atomic E-state index is 0.842. The lowest BCUT2D eigenvalue weighted by molar-refractivity contribution is 0.415. The molecule has 0 aliphatic rings. The Labute approximate surface area is 127 Å². The van der Waals surface area contributed by atoms with Gasteiger partial charge in [-0.05, 0) is 30.3 Å². The minimum atomic E-state index is 0.842. The van der Waals surface area contributed by atoms with Crippen molar-refractivity contribution < 1.29 is 4.74 Å². The summed E-state index contributed by atoms with van der Waals surface area (Å²) in [7, 11) is 1.67. The number of aromatic amines is 1. The van der Waals surface area contributed by atoms with Crippen LogP contribution in [-0.2, 0) is 0 Å². The first-order valence-corrected chi connectivity index (χ1v) is 6.95. The zero-order chi connectivity index (χ0) is 14.9. The second kappa shape index (κ2) is 5.04. The number of imidazole rings is 1. The van der Waals surface area contributed by atoms with E-state index in [0.29, 0.717) is 0 Å². The van der Waals surface area contributed by atoms with E-state index >= 15 is 0 Å². The molecular formula is C17H14N4O.